The average molecular weight is 450 g/mol. The molecule has 0 atom stereocenters. The standard InChI is InChI=1S/C27H36FN5/c1-6-25-30-26-20(4)15-21(5)29-27(26)33(25)17-23-9-7-22(8-10-23)16-24(28)18-31-11-13-32(14-12-31)19(2)3/h7-10,15-16,19H,6,11-14,17-18H2,1-5H3/b24-16-. The van der Waals surface area contributed by atoms with E-state index in [9.17, 15) is 4.39 Å². The maximum absolute atomic E-state index is 14.7. The molecule has 176 valence electrons. The Kier molecular flexibility index (Phi) is 7.25. The number of fused-ring (bicyclic) bond motifs is 1. The summed E-state index contributed by atoms with van der Waals surface area (Å²) in [6, 6.07) is 10.8. The second-order valence-corrected chi connectivity index (χ2v) is 9.46. The first-order chi connectivity index (χ1) is 15.8. The number of pyridine rings is 1. The molecular weight excluding hydrogens is 413 g/mol. The zero-order valence-corrected chi connectivity index (χ0v) is 20.6. The van der Waals surface area contributed by atoms with Crippen LogP contribution >= 0.6 is 0 Å². The van der Waals surface area contributed by atoms with Crippen LogP contribution in [0.1, 0.15) is 49.0 Å². The van der Waals surface area contributed by atoms with E-state index in [1.807, 2.05) is 19.1 Å². The van der Waals surface area contributed by atoms with Crippen LogP contribution in [-0.4, -0.2) is 63.1 Å². The van der Waals surface area contributed by atoms with E-state index in [-0.39, 0.29) is 5.83 Å². The lowest BCUT2D eigenvalue weighted by atomic mass is 10.1. The smallest absolute Gasteiger partial charge is 0.160 e. The molecule has 5 nitrogen and oxygen atoms in total. The zero-order valence-electron chi connectivity index (χ0n) is 20.6. The molecule has 0 aliphatic carbocycles. The summed E-state index contributed by atoms with van der Waals surface area (Å²) in [5, 5.41) is 0. The van der Waals surface area contributed by atoms with E-state index in [1.54, 1.807) is 6.08 Å². The third kappa shape index (κ3) is 5.50. The van der Waals surface area contributed by atoms with Crippen molar-refractivity contribution in [1.29, 1.82) is 0 Å². The summed E-state index contributed by atoms with van der Waals surface area (Å²) in [5.74, 6) is 0.962. The largest absolute Gasteiger partial charge is 0.308 e. The van der Waals surface area contributed by atoms with Crippen LogP contribution in [0.5, 0.6) is 0 Å². The topological polar surface area (TPSA) is 37.2 Å². The van der Waals surface area contributed by atoms with Gasteiger partial charge in [0.15, 0.2) is 5.65 Å². The van der Waals surface area contributed by atoms with E-state index in [0.29, 0.717) is 19.1 Å². The van der Waals surface area contributed by atoms with Crippen LogP contribution in [0.15, 0.2) is 36.2 Å². The van der Waals surface area contributed by atoms with E-state index in [4.69, 9.17) is 9.97 Å². The summed E-state index contributed by atoms with van der Waals surface area (Å²) < 4.78 is 16.9. The average Bonchev–Trinajstić information content (AvgIpc) is 3.13. The summed E-state index contributed by atoms with van der Waals surface area (Å²) in [4.78, 5) is 14.2. The highest BCUT2D eigenvalue weighted by Gasteiger charge is 2.19. The molecular formula is C27H36FN5. The molecule has 4 rings (SSSR count). The Morgan fingerprint density at radius 2 is 1.76 bits per heavy atom. The van der Waals surface area contributed by atoms with E-state index in [1.165, 1.54) is 0 Å². The molecule has 1 saturated heterocycles. The van der Waals surface area contributed by atoms with Gasteiger partial charge in [0.25, 0.3) is 0 Å². The number of hydrogen-bond acceptors (Lipinski definition) is 4. The van der Waals surface area contributed by atoms with Crippen molar-refractivity contribution in [2.75, 3.05) is 32.7 Å². The maximum atomic E-state index is 14.7. The Morgan fingerprint density at radius 3 is 2.39 bits per heavy atom. The molecule has 1 aliphatic heterocycles. The molecule has 0 spiro atoms. The van der Waals surface area contributed by atoms with Gasteiger partial charge in [-0.15, -0.1) is 0 Å². The first-order valence-corrected chi connectivity index (χ1v) is 12.1. The Morgan fingerprint density at radius 1 is 1.06 bits per heavy atom. The first-order valence-electron chi connectivity index (χ1n) is 12.1. The molecule has 0 bridgehead atoms. The molecule has 2 aromatic heterocycles. The second kappa shape index (κ2) is 10.1. The Balaban J connectivity index is 1.44. The van der Waals surface area contributed by atoms with Crippen molar-refractivity contribution in [3.8, 4) is 0 Å². The van der Waals surface area contributed by atoms with Crippen molar-refractivity contribution in [2.45, 2.75) is 53.6 Å². The Hall–Kier alpha value is -2.57. The van der Waals surface area contributed by atoms with Gasteiger partial charge in [-0.1, -0.05) is 31.2 Å². The number of benzene rings is 1. The van der Waals surface area contributed by atoms with Gasteiger partial charge in [0.05, 0.1) is 13.1 Å². The number of rotatable bonds is 7. The molecule has 0 unspecified atom stereocenters. The minimum Gasteiger partial charge on any atom is -0.308 e. The second-order valence-electron chi connectivity index (χ2n) is 9.46. The van der Waals surface area contributed by atoms with Crippen molar-refractivity contribution < 1.29 is 4.39 Å². The van der Waals surface area contributed by atoms with Crippen molar-refractivity contribution in [2.24, 2.45) is 0 Å². The number of aromatic nitrogens is 3. The summed E-state index contributed by atoms with van der Waals surface area (Å²) >= 11 is 0. The van der Waals surface area contributed by atoms with Gasteiger partial charge in [0.1, 0.15) is 17.2 Å². The molecule has 6 heteroatoms. The van der Waals surface area contributed by atoms with E-state index < -0.39 is 0 Å². The summed E-state index contributed by atoms with van der Waals surface area (Å²) in [6.07, 6.45) is 2.52. The number of halogens is 1. The van der Waals surface area contributed by atoms with Gasteiger partial charge in [0, 0.05) is 44.3 Å². The lowest BCUT2D eigenvalue weighted by molar-refractivity contribution is 0.111. The van der Waals surface area contributed by atoms with Crippen LogP contribution in [0.3, 0.4) is 0 Å². The van der Waals surface area contributed by atoms with Crippen molar-refractivity contribution in [3.63, 3.8) is 0 Å². The fourth-order valence-electron chi connectivity index (χ4n) is 4.66. The van der Waals surface area contributed by atoms with Gasteiger partial charge >= 0.3 is 0 Å². The monoisotopic (exact) mass is 449 g/mol. The molecule has 3 aromatic rings. The molecule has 0 amide bonds. The van der Waals surface area contributed by atoms with Gasteiger partial charge in [0.2, 0.25) is 0 Å². The number of hydrogen-bond donors (Lipinski definition) is 0. The van der Waals surface area contributed by atoms with Crippen LogP contribution in [0, 0.1) is 13.8 Å². The Labute approximate surface area is 196 Å². The molecule has 0 saturated carbocycles. The van der Waals surface area contributed by atoms with E-state index in [0.717, 1.165) is 72.0 Å². The van der Waals surface area contributed by atoms with E-state index in [2.05, 4.69) is 60.3 Å². The van der Waals surface area contributed by atoms with Crippen LogP contribution in [0.25, 0.3) is 17.2 Å². The van der Waals surface area contributed by atoms with Crippen molar-refractivity contribution in [3.05, 3.63) is 64.4 Å². The number of nitrogens with zero attached hydrogens (tertiary/aromatic N) is 5. The fraction of sp³-hybridized carbons (Fsp3) is 0.481. The molecule has 33 heavy (non-hydrogen) atoms. The fourth-order valence-corrected chi connectivity index (χ4v) is 4.66. The number of piperazine rings is 1. The van der Waals surface area contributed by atoms with Gasteiger partial charge in [-0.05, 0) is 56.5 Å². The first kappa shape index (κ1) is 23.6. The summed E-state index contributed by atoms with van der Waals surface area (Å²) in [7, 11) is 0. The highest BCUT2D eigenvalue weighted by atomic mass is 19.1. The minimum atomic E-state index is -0.0789. The normalized spacial score (nSPS) is 16.3. The molecule has 1 fully saturated rings. The lowest BCUT2D eigenvalue weighted by Crippen LogP contribution is -2.49. The zero-order chi connectivity index (χ0) is 23.5. The quantitative estimate of drug-likeness (QED) is 0.509. The molecule has 0 radical (unpaired) electrons. The van der Waals surface area contributed by atoms with Crippen LogP contribution in [-0.2, 0) is 13.0 Å². The highest BCUT2D eigenvalue weighted by molar-refractivity contribution is 5.76. The van der Waals surface area contributed by atoms with Crippen LogP contribution in [0.4, 0.5) is 4.39 Å². The summed E-state index contributed by atoms with van der Waals surface area (Å²) in [6.45, 7) is 15.6. The molecule has 1 aromatic carbocycles. The highest BCUT2D eigenvalue weighted by Crippen LogP contribution is 2.21. The van der Waals surface area contributed by atoms with Crippen LogP contribution < -0.4 is 0 Å². The van der Waals surface area contributed by atoms with Gasteiger partial charge in [-0.3, -0.25) is 9.80 Å². The number of imidazole rings is 1. The van der Waals surface area contributed by atoms with Gasteiger partial charge in [-0.25, -0.2) is 14.4 Å². The summed E-state index contributed by atoms with van der Waals surface area (Å²) in [5.41, 5.74) is 6.14. The SMILES string of the molecule is CCc1nc2c(C)cc(C)nc2n1Cc1ccc(/C=C(\F)CN2CCN(C(C)C)CC2)cc1. The predicted molar refractivity (Wildman–Crippen MR) is 134 cm³/mol. The molecule has 1 aliphatic rings. The minimum absolute atomic E-state index is 0.0789. The van der Waals surface area contributed by atoms with Gasteiger partial charge in [-0.2, -0.15) is 0 Å². The molecule has 3 heterocycles. The van der Waals surface area contributed by atoms with Crippen LogP contribution in [0.2, 0.25) is 0 Å². The third-order valence-electron chi connectivity index (χ3n) is 6.57. The lowest BCUT2D eigenvalue weighted by Gasteiger charge is -2.36. The predicted octanol–water partition coefficient (Wildman–Crippen LogP) is 5.00. The molecule has 0 N–H and O–H groups in total. The Bertz CT molecular complexity index is 1120. The van der Waals surface area contributed by atoms with Gasteiger partial charge < -0.3 is 4.57 Å². The third-order valence-corrected chi connectivity index (χ3v) is 6.57. The van der Waals surface area contributed by atoms with Crippen molar-refractivity contribution in [1.82, 2.24) is 24.3 Å². The van der Waals surface area contributed by atoms with Crippen molar-refractivity contribution >= 4 is 17.2 Å². The maximum Gasteiger partial charge on any atom is 0.160 e. The number of aryl methyl sites for hydroxylation is 3. The van der Waals surface area contributed by atoms with E-state index >= 15 is 0 Å².